The molecule has 2 heteroatoms. The fourth-order valence-electron chi connectivity index (χ4n) is 2.22. The zero-order valence-corrected chi connectivity index (χ0v) is 7.89. The number of nitrogens with one attached hydrogen (secondary N) is 1. The van der Waals surface area contributed by atoms with E-state index in [1.807, 2.05) is 0 Å². The van der Waals surface area contributed by atoms with Crippen molar-refractivity contribution in [3.63, 3.8) is 0 Å². The van der Waals surface area contributed by atoms with Crippen molar-refractivity contribution in [1.29, 1.82) is 0 Å². The molecule has 0 fully saturated rings. The fraction of sp³-hybridized carbons (Fsp3) is 0.800. The van der Waals surface area contributed by atoms with Gasteiger partial charge in [0.1, 0.15) is 0 Å². The van der Waals surface area contributed by atoms with E-state index < -0.39 is 0 Å². The van der Waals surface area contributed by atoms with Crippen molar-refractivity contribution < 1.29 is 4.74 Å². The Morgan fingerprint density at radius 1 is 1.25 bits per heavy atom. The van der Waals surface area contributed by atoms with E-state index in [0.717, 1.165) is 30.9 Å². The standard InChI is InChI=1S/C10H17NO/c1-7-3-5-11-10-9(7)8(2)4-6-12-10/h7-8,11H,3-6H2,1-2H3. The third kappa shape index (κ3) is 1.19. The Morgan fingerprint density at radius 2 is 2.00 bits per heavy atom. The predicted octanol–water partition coefficient (Wildman–Crippen LogP) is 1.88. The summed E-state index contributed by atoms with van der Waals surface area (Å²) >= 11 is 0. The average Bonchev–Trinajstić information content (AvgIpc) is 2.04. The lowest BCUT2D eigenvalue weighted by Crippen LogP contribution is -2.33. The maximum Gasteiger partial charge on any atom is 0.186 e. The Kier molecular flexibility index (Phi) is 1.99. The van der Waals surface area contributed by atoms with Gasteiger partial charge in [-0.25, -0.2) is 0 Å². The Bertz CT molecular complexity index is 190. The van der Waals surface area contributed by atoms with E-state index >= 15 is 0 Å². The van der Waals surface area contributed by atoms with E-state index in [0.29, 0.717) is 0 Å². The van der Waals surface area contributed by atoms with Crippen molar-refractivity contribution in [2.75, 3.05) is 13.2 Å². The summed E-state index contributed by atoms with van der Waals surface area (Å²) in [5.41, 5.74) is 1.52. The number of rotatable bonds is 0. The maximum absolute atomic E-state index is 5.59. The van der Waals surface area contributed by atoms with Crippen molar-refractivity contribution in [1.82, 2.24) is 5.32 Å². The van der Waals surface area contributed by atoms with Gasteiger partial charge in [-0.3, -0.25) is 0 Å². The van der Waals surface area contributed by atoms with Crippen molar-refractivity contribution in [3.05, 3.63) is 11.5 Å². The van der Waals surface area contributed by atoms with Crippen LogP contribution in [0.1, 0.15) is 26.7 Å². The predicted molar refractivity (Wildman–Crippen MR) is 48.5 cm³/mol. The molecule has 2 nitrogen and oxygen atoms in total. The first-order valence-corrected chi connectivity index (χ1v) is 4.89. The molecule has 0 aromatic rings. The Balaban J connectivity index is 2.27. The highest BCUT2D eigenvalue weighted by atomic mass is 16.5. The molecule has 0 spiro atoms. The van der Waals surface area contributed by atoms with Gasteiger partial charge in [-0.2, -0.15) is 0 Å². The van der Waals surface area contributed by atoms with Crippen molar-refractivity contribution in [2.45, 2.75) is 26.7 Å². The summed E-state index contributed by atoms with van der Waals surface area (Å²) < 4.78 is 5.59. The molecular formula is C10H17NO. The molecule has 0 aromatic heterocycles. The summed E-state index contributed by atoms with van der Waals surface area (Å²) in [5, 5.41) is 3.34. The highest BCUT2D eigenvalue weighted by Crippen LogP contribution is 2.33. The van der Waals surface area contributed by atoms with E-state index in [-0.39, 0.29) is 0 Å². The van der Waals surface area contributed by atoms with Crippen LogP contribution in [0.25, 0.3) is 0 Å². The van der Waals surface area contributed by atoms with Crippen LogP contribution in [0.2, 0.25) is 0 Å². The van der Waals surface area contributed by atoms with E-state index in [2.05, 4.69) is 19.2 Å². The van der Waals surface area contributed by atoms with Gasteiger partial charge < -0.3 is 10.1 Å². The summed E-state index contributed by atoms with van der Waals surface area (Å²) in [4.78, 5) is 0. The third-order valence-corrected chi connectivity index (χ3v) is 2.98. The minimum absolute atomic E-state index is 0.719. The van der Waals surface area contributed by atoms with Crippen LogP contribution in [0.15, 0.2) is 11.5 Å². The van der Waals surface area contributed by atoms with Crippen LogP contribution in [-0.4, -0.2) is 13.2 Å². The molecule has 2 unspecified atom stereocenters. The van der Waals surface area contributed by atoms with Crippen molar-refractivity contribution in [3.8, 4) is 0 Å². The highest BCUT2D eigenvalue weighted by Gasteiger charge is 2.27. The van der Waals surface area contributed by atoms with Crippen LogP contribution in [0.4, 0.5) is 0 Å². The first-order valence-electron chi connectivity index (χ1n) is 4.89. The van der Waals surface area contributed by atoms with Gasteiger partial charge in [0.25, 0.3) is 0 Å². The third-order valence-electron chi connectivity index (χ3n) is 2.98. The second-order valence-electron chi connectivity index (χ2n) is 3.94. The molecule has 12 heavy (non-hydrogen) atoms. The molecule has 0 saturated carbocycles. The molecular weight excluding hydrogens is 150 g/mol. The van der Waals surface area contributed by atoms with E-state index in [9.17, 15) is 0 Å². The average molecular weight is 167 g/mol. The molecule has 68 valence electrons. The molecule has 0 aliphatic carbocycles. The van der Waals surface area contributed by atoms with E-state index in [4.69, 9.17) is 4.74 Å². The first kappa shape index (κ1) is 7.96. The Hall–Kier alpha value is -0.660. The van der Waals surface area contributed by atoms with E-state index in [1.165, 1.54) is 18.4 Å². The molecule has 0 saturated heterocycles. The monoisotopic (exact) mass is 167 g/mol. The van der Waals surface area contributed by atoms with Gasteiger partial charge in [0.05, 0.1) is 6.61 Å². The van der Waals surface area contributed by atoms with Crippen LogP contribution in [0.3, 0.4) is 0 Å². The molecule has 2 aliphatic heterocycles. The van der Waals surface area contributed by atoms with Crippen LogP contribution in [0.5, 0.6) is 0 Å². The summed E-state index contributed by atoms with van der Waals surface area (Å²) in [6, 6.07) is 0. The zero-order valence-electron chi connectivity index (χ0n) is 7.89. The summed E-state index contributed by atoms with van der Waals surface area (Å²) in [5.74, 6) is 2.53. The summed E-state index contributed by atoms with van der Waals surface area (Å²) in [6.07, 6.45) is 2.44. The molecule has 0 amide bonds. The van der Waals surface area contributed by atoms with Crippen LogP contribution in [0, 0.1) is 11.8 Å². The lowest BCUT2D eigenvalue weighted by Gasteiger charge is -2.34. The molecule has 2 heterocycles. The number of allylic oxidation sites excluding steroid dienone is 1. The van der Waals surface area contributed by atoms with Crippen LogP contribution >= 0.6 is 0 Å². The van der Waals surface area contributed by atoms with Gasteiger partial charge in [0.2, 0.25) is 0 Å². The topological polar surface area (TPSA) is 21.3 Å². The van der Waals surface area contributed by atoms with Gasteiger partial charge in [-0.1, -0.05) is 13.8 Å². The fourth-order valence-corrected chi connectivity index (χ4v) is 2.22. The maximum atomic E-state index is 5.59. The minimum atomic E-state index is 0.719. The van der Waals surface area contributed by atoms with Crippen molar-refractivity contribution >= 4 is 0 Å². The van der Waals surface area contributed by atoms with Crippen LogP contribution in [-0.2, 0) is 4.74 Å². The van der Waals surface area contributed by atoms with Gasteiger partial charge in [-0.05, 0) is 30.3 Å². The Labute approximate surface area is 74.0 Å². The second kappa shape index (κ2) is 3.00. The van der Waals surface area contributed by atoms with E-state index in [1.54, 1.807) is 0 Å². The molecule has 2 atom stereocenters. The molecule has 0 bridgehead atoms. The summed E-state index contributed by atoms with van der Waals surface area (Å²) in [7, 11) is 0. The minimum Gasteiger partial charge on any atom is -0.479 e. The highest BCUT2D eigenvalue weighted by molar-refractivity contribution is 5.18. The van der Waals surface area contributed by atoms with Gasteiger partial charge in [0, 0.05) is 6.54 Å². The largest absolute Gasteiger partial charge is 0.479 e. The number of ether oxygens (including phenoxy) is 1. The molecule has 0 radical (unpaired) electrons. The number of hydrogen-bond acceptors (Lipinski definition) is 2. The normalized spacial score (nSPS) is 35.2. The van der Waals surface area contributed by atoms with Crippen LogP contribution < -0.4 is 5.32 Å². The quantitative estimate of drug-likeness (QED) is 0.595. The molecule has 2 rings (SSSR count). The SMILES string of the molecule is CC1CCNC2=C1C(C)CCO2. The Morgan fingerprint density at radius 3 is 2.75 bits per heavy atom. The van der Waals surface area contributed by atoms with Gasteiger partial charge in [0.15, 0.2) is 5.88 Å². The zero-order chi connectivity index (χ0) is 8.55. The lowest BCUT2D eigenvalue weighted by molar-refractivity contribution is 0.131. The molecule has 0 aromatic carbocycles. The number of hydrogen-bond donors (Lipinski definition) is 1. The van der Waals surface area contributed by atoms with Gasteiger partial charge >= 0.3 is 0 Å². The van der Waals surface area contributed by atoms with Gasteiger partial charge in [-0.15, -0.1) is 0 Å². The van der Waals surface area contributed by atoms with Crippen molar-refractivity contribution in [2.24, 2.45) is 11.8 Å². The first-order chi connectivity index (χ1) is 5.79. The molecule has 1 N–H and O–H groups in total. The second-order valence-corrected chi connectivity index (χ2v) is 3.94. The smallest absolute Gasteiger partial charge is 0.186 e. The lowest BCUT2D eigenvalue weighted by atomic mass is 9.84. The summed E-state index contributed by atoms with van der Waals surface area (Å²) in [6.45, 7) is 6.58. The molecule has 2 aliphatic rings.